The van der Waals surface area contributed by atoms with Crippen molar-refractivity contribution in [2.75, 3.05) is 0 Å². The summed E-state index contributed by atoms with van der Waals surface area (Å²) in [5, 5.41) is 3.01. The van der Waals surface area contributed by atoms with Crippen LogP contribution in [0.2, 0.25) is 0 Å². The molecule has 0 radical (unpaired) electrons. The van der Waals surface area contributed by atoms with Crippen LogP contribution < -0.4 is 5.32 Å². The maximum Gasteiger partial charge on any atom is 0.253 e. The second-order valence-corrected chi connectivity index (χ2v) is 4.16. The molecule has 0 spiro atoms. The predicted molar refractivity (Wildman–Crippen MR) is 65.3 cm³/mol. The van der Waals surface area contributed by atoms with Crippen molar-refractivity contribution < 1.29 is 9.18 Å². The van der Waals surface area contributed by atoms with Crippen molar-refractivity contribution in [2.45, 2.75) is 45.6 Å². The zero-order valence-corrected chi connectivity index (χ0v) is 10.6. The lowest BCUT2D eigenvalue weighted by Gasteiger charge is -2.31. The van der Waals surface area contributed by atoms with Crippen molar-refractivity contribution in [3.8, 4) is 0 Å². The molecule has 0 saturated heterocycles. The zero-order valence-electron chi connectivity index (χ0n) is 10.6. The smallest absolute Gasteiger partial charge is 0.253 e. The Morgan fingerprint density at radius 3 is 2.29 bits per heavy atom. The minimum absolute atomic E-state index is 0.175. The number of aromatic nitrogens is 1. The van der Waals surface area contributed by atoms with E-state index in [1.807, 2.05) is 0 Å². The van der Waals surface area contributed by atoms with Crippen molar-refractivity contribution in [1.29, 1.82) is 0 Å². The lowest BCUT2D eigenvalue weighted by atomic mass is 9.89. The summed E-state index contributed by atoms with van der Waals surface area (Å²) in [5.41, 5.74) is 0.219. The van der Waals surface area contributed by atoms with Crippen LogP contribution in [0.4, 0.5) is 4.39 Å². The van der Waals surface area contributed by atoms with Gasteiger partial charge in [-0.1, -0.05) is 20.8 Å². The number of pyridine rings is 1. The monoisotopic (exact) mass is 238 g/mol. The minimum Gasteiger partial charge on any atom is -0.347 e. The van der Waals surface area contributed by atoms with Crippen molar-refractivity contribution in [2.24, 2.45) is 0 Å². The molecule has 0 fully saturated rings. The lowest BCUT2D eigenvalue weighted by molar-refractivity contribution is 0.0887. The summed E-state index contributed by atoms with van der Waals surface area (Å²) < 4.78 is 12.6. The molecule has 17 heavy (non-hydrogen) atoms. The fourth-order valence-electron chi connectivity index (χ4n) is 1.84. The molecular weight excluding hydrogens is 219 g/mol. The van der Waals surface area contributed by atoms with Crippen LogP contribution in [-0.2, 0) is 0 Å². The summed E-state index contributed by atoms with van der Waals surface area (Å²) in [6.07, 6.45) is 3.89. The van der Waals surface area contributed by atoms with E-state index in [1.165, 1.54) is 18.3 Å². The average Bonchev–Trinajstić information content (AvgIpc) is 2.37. The summed E-state index contributed by atoms with van der Waals surface area (Å²) in [6.45, 7) is 6.16. The van der Waals surface area contributed by atoms with E-state index in [0.29, 0.717) is 5.56 Å². The van der Waals surface area contributed by atoms with Gasteiger partial charge in [-0.2, -0.15) is 4.39 Å². The summed E-state index contributed by atoms with van der Waals surface area (Å²) in [4.78, 5) is 15.5. The molecule has 94 valence electrons. The lowest BCUT2D eigenvalue weighted by Crippen LogP contribution is -2.47. The van der Waals surface area contributed by atoms with Gasteiger partial charge < -0.3 is 5.32 Å². The molecule has 0 atom stereocenters. The molecular formula is C13H19FN2O. The van der Waals surface area contributed by atoms with Crippen LogP contribution in [0.25, 0.3) is 0 Å². The Labute approximate surface area is 101 Å². The van der Waals surface area contributed by atoms with E-state index in [1.54, 1.807) is 0 Å². The molecule has 4 heteroatoms. The molecule has 0 bridgehead atoms. The Hall–Kier alpha value is -1.45. The van der Waals surface area contributed by atoms with E-state index in [4.69, 9.17) is 0 Å². The topological polar surface area (TPSA) is 42.0 Å². The molecule has 1 heterocycles. The number of hydrogen-bond donors (Lipinski definition) is 1. The quantitative estimate of drug-likeness (QED) is 0.801. The second kappa shape index (κ2) is 5.75. The maximum absolute atomic E-state index is 12.6. The van der Waals surface area contributed by atoms with E-state index >= 15 is 0 Å². The van der Waals surface area contributed by atoms with Crippen molar-refractivity contribution in [1.82, 2.24) is 10.3 Å². The van der Waals surface area contributed by atoms with E-state index in [9.17, 15) is 9.18 Å². The van der Waals surface area contributed by atoms with Crippen molar-refractivity contribution in [3.63, 3.8) is 0 Å². The van der Waals surface area contributed by atoms with Crippen LogP contribution in [-0.4, -0.2) is 16.4 Å². The first-order valence-corrected chi connectivity index (χ1v) is 6.01. The van der Waals surface area contributed by atoms with E-state index in [0.717, 1.165) is 19.3 Å². The molecule has 3 nitrogen and oxygen atoms in total. The van der Waals surface area contributed by atoms with Gasteiger partial charge in [0.15, 0.2) is 0 Å². The van der Waals surface area contributed by atoms with Gasteiger partial charge in [0.25, 0.3) is 5.91 Å². The number of carbonyl (C=O) groups is 1. The van der Waals surface area contributed by atoms with Crippen molar-refractivity contribution in [3.05, 3.63) is 29.8 Å². The van der Waals surface area contributed by atoms with Crippen molar-refractivity contribution >= 4 is 5.91 Å². The highest BCUT2D eigenvalue weighted by Gasteiger charge is 2.26. The van der Waals surface area contributed by atoms with Gasteiger partial charge in [-0.15, -0.1) is 0 Å². The standard InChI is InChI=1S/C13H19FN2O/c1-4-13(5-2,6-3)16-12(17)10-7-8-11(14)15-9-10/h7-9H,4-6H2,1-3H3,(H,16,17). The fourth-order valence-corrected chi connectivity index (χ4v) is 1.84. The number of halogens is 1. The van der Waals surface area contributed by atoms with E-state index < -0.39 is 5.95 Å². The number of nitrogens with one attached hydrogen (secondary N) is 1. The summed E-state index contributed by atoms with van der Waals surface area (Å²) in [7, 11) is 0. The first kappa shape index (κ1) is 13.6. The summed E-state index contributed by atoms with van der Waals surface area (Å²) in [6, 6.07) is 2.64. The number of rotatable bonds is 5. The van der Waals surface area contributed by atoms with Gasteiger partial charge in [0, 0.05) is 11.7 Å². The first-order valence-electron chi connectivity index (χ1n) is 6.01. The predicted octanol–water partition coefficient (Wildman–Crippen LogP) is 2.92. The number of carbonyl (C=O) groups excluding carboxylic acids is 1. The molecule has 0 aliphatic rings. The molecule has 1 aromatic rings. The largest absolute Gasteiger partial charge is 0.347 e. The van der Waals surface area contributed by atoms with E-state index in [2.05, 4.69) is 31.1 Å². The second-order valence-electron chi connectivity index (χ2n) is 4.16. The molecule has 0 aliphatic heterocycles. The summed E-state index contributed by atoms with van der Waals surface area (Å²) >= 11 is 0. The zero-order chi connectivity index (χ0) is 12.9. The molecule has 1 amide bonds. The Kier molecular flexibility index (Phi) is 4.61. The number of hydrogen-bond acceptors (Lipinski definition) is 2. The van der Waals surface area contributed by atoms with Gasteiger partial charge >= 0.3 is 0 Å². The Balaban J connectivity index is 2.81. The number of amides is 1. The van der Waals surface area contributed by atoms with Crippen LogP contribution in [0.3, 0.4) is 0 Å². The summed E-state index contributed by atoms with van der Waals surface area (Å²) in [5.74, 6) is -0.766. The Morgan fingerprint density at radius 2 is 1.88 bits per heavy atom. The normalized spacial score (nSPS) is 11.3. The van der Waals surface area contributed by atoms with Crippen LogP contribution >= 0.6 is 0 Å². The van der Waals surface area contributed by atoms with Gasteiger partial charge in [-0.05, 0) is 31.4 Å². The average molecular weight is 238 g/mol. The van der Waals surface area contributed by atoms with Crippen LogP contribution in [0, 0.1) is 5.95 Å². The molecule has 0 aliphatic carbocycles. The van der Waals surface area contributed by atoms with Crippen LogP contribution in [0.5, 0.6) is 0 Å². The highest BCUT2D eigenvalue weighted by Crippen LogP contribution is 2.19. The third kappa shape index (κ3) is 3.25. The molecule has 0 saturated carbocycles. The number of nitrogens with zero attached hydrogens (tertiary/aromatic N) is 1. The molecule has 0 aromatic carbocycles. The third-order valence-corrected chi connectivity index (χ3v) is 3.40. The Morgan fingerprint density at radius 1 is 1.29 bits per heavy atom. The van der Waals surface area contributed by atoms with Gasteiger partial charge in [-0.25, -0.2) is 4.98 Å². The van der Waals surface area contributed by atoms with Crippen LogP contribution in [0.15, 0.2) is 18.3 Å². The van der Waals surface area contributed by atoms with Gasteiger partial charge in [0.2, 0.25) is 5.95 Å². The Bertz CT molecular complexity index is 363. The third-order valence-electron chi connectivity index (χ3n) is 3.40. The van der Waals surface area contributed by atoms with Crippen LogP contribution in [0.1, 0.15) is 50.4 Å². The van der Waals surface area contributed by atoms with Gasteiger partial charge in [0.05, 0.1) is 5.56 Å². The first-order chi connectivity index (χ1) is 8.06. The highest BCUT2D eigenvalue weighted by atomic mass is 19.1. The SMILES string of the molecule is CCC(CC)(CC)NC(=O)c1ccc(F)nc1. The maximum atomic E-state index is 12.6. The minimum atomic E-state index is -0.575. The molecule has 1 rings (SSSR count). The van der Waals surface area contributed by atoms with Gasteiger partial charge in [0.1, 0.15) is 0 Å². The molecule has 0 unspecified atom stereocenters. The molecule has 1 N–H and O–H groups in total. The van der Waals surface area contributed by atoms with Gasteiger partial charge in [-0.3, -0.25) is 4.79 Å². The fraction of sp³-hybridized carbons (Fsp3) is 0.538. The molecule has 1 aromatic heterocycles. The van der Waals surface area contributed by atoms with E-state index in [-0.39, 0.29) is 11.4 Å². The highest BCUT2D eigenvalue weighted by molar-refractivity contribution is 5.94.